The second kappa shape index (κ2) is 6.22. The van der Waals surface area contributed by atoms with E-state index in [0.29, 0.717) is 5.56 Å². The quantitative estimate of drug-likeness (QED) is 0.574. The zero-order valence-corrected chi connectivity index (χ0v) is 12.3. The van der Waals surface area contributed by atoms with Crippen LogP contribution in [0.5, 0.6) is 0 Å². The van der Waals surface area contributed by atoms with Crippen molar-refractivity contribution >= 4 is 22.4 Å². The lowest BCUT2D eigenvalue weighted by atomic mass is 10.0. The van der Waals surface area contributed by atoms with Crippen LogP contribution >= 0.6 is 0 Å². The van der Waals surface area contributed by atoms with Crippen LogP contribution in [-0.4, -0.2) is 11.6 Å². The van der Waals surface area contributed by atoms with Crippen LogP contribution in [0.3, 0.4) is 0 Å². The van der Waals surface area contributed by atoms with Crippen molar-refractivity contribution in [1.82, 2.24) is 5.43 Å². The first-order chi connectivity index (χ1) is 10.8. The van der Waals surface area contributed by atoms with Gasteiger partial charge in [0.1, 0.15) is 0 Å². The molecule has 0 atom stereocenters. The smallest absolute Gasteiger partial charge is 0.267 e. The summed E-state index contributed by atoms with van der Waals surface area (Å²) >= 11 is 0. The molecule has 3 rings (SSSR count). The molecular weight excluding hydrogens is 272 g/mol. The molecule has 3 heteroatoms. The summed E-state index contributed by atoms with van der Waals surface area (Å²) in [5.74, 6) is -0.208. The Kier molecular flexibility index (Phi) is 3.97. The first-order valence-electron chi connectivity index (χ1n) is 7.13. The molecule has 0 aliphatic heterocycles. The molecule has 0 heterocycles. The molecule has 0 radical (unpaired) electrons. The number of hydrogen-bond acceptors (Lipinski definition) is 2. The third-order valence-corrected chi connectivity index (χ3v) is 3.54. The number of nitrogens with zero attached hydrogens (tertiary/aromatic N) is 1. The zero-order chi connectivity index (χ0) is 15.4. The van der Waals surface area contributed by atoms with Gasteiger partial charge in [-0.25, -0.2) is 5.43 Å². The SMILES string of the molecule is C/C(=N\NC(=O)c1ccccc1)c1cccc2ccccc12. The van der Waals surface area contributed by atoms with Crippen molar-refractivity contribution in [2.45, 2.75) is 6.92 Å². The fourth-order valence-electron chi connectivity index (χ4n) is 2.39. The van der Waals surface area contributed by atoms with E-state index in [4.69, 9.17) is 0 Å². The van der Waals surface area contributed by atoms with Crippen LogP contribution in [0.1, 0.15) is 22.8 Å². The topological polar surface area (TPSA) is 41.5 Å². The van der Waals surface area contributed by atoms with Crippen LogP contribution in [0, 0.1) is 0 Å². The van der Waals surface area contributed by atoms with Crippen molar-refractivity contribution in [2.24, 2.45) is 5.10 Å². The lowest BCUT2D eigenvalue weighted by molar-refractivity contribution is 0.0955. The average molecular weight is 288 g/mol. The minimum Gasteiger partial charge on any atom is -0.267 e. The predicted octanol–water partition coefficient (Wildman–Crippen LogP) is 3.99. The van der Waals surface area contributed by atoms with Crippen molar-refractivity contribution in [3.05, 3.63) is 83.9 Å². The van der Waals surface area contributed by atoms with E-state index in [2.05, 4.69) is 28.7 Å². The molecule has 0 saturated carbocycles. The van der Waals surface area contributed by atoms with E-state index >= 15 is 0 Å². The van der Waals surface area contributed by atoms with Gasteiger partial charge in [-0.05, 0) is 29.8 Å². The van der Waals surface area contributed by atoms with Crippen molar-refractivity contribution < 1.29 is 4.79 Å². The van der Waals surface area contributed by atoms with Gasteiger partial charge in [-0.1, -0.05) is 60.7 Å². The molecule has 3 nitrogen and oxygen atoms in total. The number of amides is 1. The Balaban J connectivity index is 1.86. The van der Waals surface area contributed by atoms with Gasteiger partial charge in [0.05, 0.1) is 5.71 Å². The minimum absolute atomic E-state index is 0.208. The molecule has 0 fully saturated rings. The highest BCUT2D eigenvalue weighted by Crippen LogP contribution is 2.19. The van der Waals surface area contributed by atoms with Gasteiger partial charge < -0.3 is 0 Å². The molecule has 0 aliphatic rings. The molecule has 0 saturated heterocycles. The molecule has 108 valence electrons. The van der Waals surface area contributed by atoms with E-state index in [-0.39, 0.29) is 5.91 Å². The van der Waals surface area contributed by atoms with Gasteiger partial charge in [0, 0.05) is 11.1 Å². The third-order valence-electron chi connectivity index (χ3n) is 3.54. The molecule has 0 aliphatic carbocycles. The maximum Gasteiger partial charge on any atom is 0.271 e. The Bertz CT molecular complexity index is 833. The van der Waals surface area contributed by atoms with E-state index in [0.717, 1.165) is 22.0 Å². The Morgan fingerprint density at radius 1 is 0.864 bits per heavy atom. The number of fused-ring (bicyclic) bond motifs is 1. The highest BCUT2D eigenvalue weighted by molar-refractivity contribution is 6.10. The Morgan fingerprint density at radius 3 is 2.36 bits per heavy atom. The Hall–Kier alpha value is -2.94. The highest BCUT2D eigenvalue weighted by atomic mass is 16.2. The fourth-order valence-corrected chi connectivity index (χ4v) is 2.39. The number of benzene rings is 3. The molecule has 1 amide bonds. The van der Waals surface area contributed by atoms with Gasteiger partial charge in [0.2, 0.25) is 0 Å². The summed E-state index contributed by atoms with van der Waals surface area (Å²) in [5, 5.41) is 6.52. The molecule has 3 aromatic rings. The summed E-state index contributed by atoms with van der Waals surface area (Å²) in [5.41, 5.74) is 5.00. The lowest BCUT2D eigenvalue weighted by Crippen LogP contribution is -2.19. The van der Waals surface area contributed by atoms with Crippen LogP contribution in [0.4, 0.5) is 0 Å². The number of hydrazone groups is 1. The van der Waals surface area contributed by atoms with Gasteiger partial charge in [-0.15, -0.1) is 0 Å². The van der Waals surface area contributed by atoms with E-state index in [1.165, 1.54) is 0 Å². The second-order valence-electron chi connectivity index (χ2n) is 5.03. The number of carbonyl (C=O) groups is 1. The summed E-state index contributed by atoms with van der Waals surface area (Å²) in [6, 6.07) is 23.3. The fraction of sp³-hybridized carbons (Fsp3) is 0.0526. The van der Waals surface area contributed by atoms with Gasteiger partial charge in [0.25, 0.3) is 5.91 Å². The third kappa shape index (κ3) is 2.88. The Labute approximate surface area is 129 Å². The molecule has 22 heavy (non-hydrogen) atoms. The van der Waals surface area contributed by atoms with E-state index in [9.17, 15) is 4.79 Å². The Morgan fingerprint density at radius 2 is 1.55 bits per heavy atom. The first-order valence-corrected chi connectivity index (χ1v) is 7.13. The first kappa shape index (κ1) is 14.0. The van der Waals surface area contributed by atoms with Crippen LogP contribution in [0.2, 0.25) is 0 Å². The highest BCUT2D eigenvalue weighted by Gasteiger charge is 2.06. The monoisotopic (exact) mass is 288 g/mol. The summed E-state index contributed by atoms with van der Waals surface area (Å²) in [7, 11) is 0. The van der Waals surface area contributed by atoms with E-state index < -0.39 is 0 Å². The lowest BCUT2D eigenvalue weighted by Gasteiger charge is -2.06. The summed E-state index contributed by atoms with van der Waals surface area (Å²) in [6.45, 7) is 1.90. The van der Waals surface area contributed by atoms with Crippen LogP contribution in [0.15, 0.2) is 77.9 Å². The molecule has 3 aromatic carbocycles. The van der Waals surface area contributed by atoms with Crippen LogP contribution in [-0.2, 0) is 0 Å². The number of carbonyl (C=O) groups excluding carboxylic acids is 1. The summed E-state index contributed by atoms with van der Waals surface area (Å²) in [4.78, 5) is 12.0. The van der Waals surface area contributed by atoms with E-state index in [1.54, 1.807) is 12.1 Å². The molecule has 0 spiro atoms. The average Bonchev–Trinajstić information content (AvgIpc) is 2.59. The normalized spacial score (nSPS) is 11.4. The summed E-state index contributed by atoms with van der Waals surface area (Å²) in [6.07, 6.45) is 0. The van der Waals surface area contributed by atoms with E-state index in [1.807, 2.05) is 49.4 Å². The predicted molar refractivity (Wildman–Crippen MR) is 90.1 cm³/mol. The number of nitrogens with one attached hydrogen (secondary N) is 1. The number of rotatable bonds is 3. The van der Waals surface area contributed by atoms with Crippen molar-refractivity contribution in [1.29, 1.82) is 0 Å². The van der Waals surface area contributed by atoms with Crippen LogP contribution < -0.4 is 5.43 Å². The van der Waals surface area contributed by atoms with Gasteiger partial charge in [-0.3, -0.25) is 4.79 Å². The minimum atomic E-state index is -0.208. The van der Waals surface area contributed by atoms with Crippen molar-refractivity contribution in [2.75, 3.05) is 0 Å². The molecule has 1 N–H and O–H groups in total. The van der Waals surface area contributed by atoms with Gasteiger partial charge in [0.15, 0.2) is 0 Å². The van der Waals surface area contributed by atoms with Crippen molar-refractivity contribution in [3.8, 4) is 0 Å². The molecule has 0 bridgehead atoms. The van der Waals surface area contributed by atoms with Gasteiger partial charge >= 0.3 is 0 Å². The summed E-state index contributed by atoms with van der Waals surface area (Å²) < 4.78 is 0. The molecule has 0 unspecified atom stereocenters. The van der Waals surface area contributed by atoms with Crippen molar-refractivity contribution in [3.63, 3.8) is 0 Å². The number of hydrogen-bond donors (Lipinski definition) is 1. The maximum atomic E-state index is 12.0. The standard InChI is InChI=1S/C19H16N2O/c1-14(20-21-19(22)16-9-3-2-4-10-16)17-13-7-11-15-8-5-6-12-18(15)17/h2-13H,1H3,(H,21,22)/b20-14+. The zero-order valence-electron chi connectivity index (χ0n) is 12.3. The maximum absolute atomic E-state index is 12.0. The largest absolute Gasteiger partial charge is 0.271 e. The molecule has 0 aromatic heterocycles. The van der Waals surface area contributed by atoms with Crippen LogP contribution in [0.25, 0.3) is 10.8 Å². The second-order valence-corrected chi connectivity index (χ2v) is 5.03. The van der Waals surface area contributed by atoms with Gasteiger partial charge in [-0.2, -0.15) is 5.10 Å². The molecular formula is C19H16N2O.